The molecule has 1 aromatic heterocycles. The van der Waals surface area contributed by atoms with Crippen LogP contribution in [0.5, 0.6) is 0 Å². The Bertz CT molecular complexity index is 290. The van der Waals surface area contributed by atoms with Crippen LogP contribution in [0.3, 0.4) is 0 Å². The number of nitriles is 1. The lowest BCUT2D eigenvalue weighted by Gasteiger charge is -1.92. The molecule has 0 unspecified atom stereocenters. The third kappa shape index (κ3) is 1.22. The molecule has 10 heavy (non-hydrogen) atoms. The minimum Gasteiger partial charge on any atom is -0.368 e. The van der Waals surface area contributed by atoms with Crippen LogP contribution in [0.1, 0.15) is 5.56 Å². The van der Waals surface area contributed by atoms with Crippen molar-refractivity contribution in [3.63, 3.8) is 0 Å². The van der Waals surface area contributed by atoms with Crippen molar-refractivity contribution in [2.75, 3.05) is 5.73 Å². The Hall–Kier alpha value is -1.15. The summed E-state index contributed by atoms with van der Waals surface area (Å²) < 4.78 is 0.433. The third-order valence-corrected chi connectivity index (χ3v) is 1.49. The zero-order valence-electron chi connectivity index (χ0n) is 4.87. The Morgan fingerprint density at radius 3 is 2.90 bits per heavy atom. The monoisotopic (exact) mass is 198 g/mol. The molecule has 0 fully saturated rings. The molecule has 1 rings (SSSR count). The van der Waals surface area contributed by atoms with Gasteiger partial charge in [0.15, 0.2) is 0 Å². The lowest BCUT2D eigenvalue weighted by atomic mass is 10.4. The fourth-order valence-electron chi connectivity index (χ4n) is 0.449. The summed E-state index contributed by atoms with van der Waals surface area (Å²) in [5, 5.41) is 8.41. The minimum absolute atomic E-state index is 0.158. The summed E-state index contributed by atoms with van der Waals surface area (Å²) in [6.45, 7) is 0. The van der Waals surface area contributed by atoms with Crippen molar-refractivity contribution >= 4 is 21.9 Å². The van der Waals surface area contributed by atoms with E-state index in [4.69, 9.17) is 11.0 Å². The van der Waals surface area contributed by atoms with Crippen LogP contribution in [0.15, 0.2) is 10.8 Å². The predicted molar refractivity (Wildman–Crippen MR) is 38.9 cm³/mol. The van der Waals surface area contributed by atoms with Gasteiger partial charge in [-0.3, -0.25) is 0 Å². The van der Waals surface area contributed by atoms with Crippen molar-refractivity contribution in [2.24, 2.45) is 0 Å². The summed E-state index contributed by atoms with van der Waals surface area (Å²) >= 11 is 3.05. The van der Waals surface area contributed by atoms with Gasteiger partial charge in [0, 0.05) is 0 Å². The lowest BCUT2D eigenvalue weighted by molar-refractivity contribution is 1.14. The number of aromatic nitrogens is 2. The van der Waals surface area contributed by atoms with Gasteiger partial charge in [0.05, 0.1) is 6.20 Å². The van der Waals surface area contributed by atoms with Gasteiger partial charge in [-0.05, 0) is 15.9 Å². The Morgan fingerprint density at radius 2 is 2.40 bits per heavy atom. The van der Waals surface area contributed by atoms with E-state index in [1.54, 1.807) is 0 Å². The first kappa shape index (κ1) is 6.96. The van der Waals surface area contributed by atoms with Gasteiger partial charge in [-0.15, -0.1) is 0 Å². The average molecular weight is 199 g/mol. The zero-order valence-corrected chi connectivity index (χ0v) is 6.46. The van der Waals surface area contributed by atoms with Crippen molar-refractivity contribution < 1.29 is 0 Å². The molecule has 0 aliphatic carbocycles. The molecule has 0 aliphatic heterocycles. The molecular formula is C5H3BrN4. The first-order chi connectivity index (χ1) is 4.74. The van der Waals surface area contributed by atoms with E-state index in [0.29, 0.717) is 10.2 Å². The summed E-state index contributed by atoms with van der Waals surface area (Å²) in [6.07, 6.45) is 1.37. The van der Waals surface area contributed by atoms with Gasteiger partial charge in [0.2, 0.25) is 5.95 Å². The van der Waals surface area contributed by atoms with Crippen LogP contribution in [-0.4, -0.2) is 9.97 Å². The quantitative estimate of drug-likeness (QED) is 0.623. The molecule has 4 nitrogen and oxygen atoms in total. The second-order valence-corrected chi connectivity index (χ2v) is 2.30. The zero-order chi connectivity index (χ0) is 7.56. The Balaban J connectivity index is 3.23. The maximum Gasteiger partial charge on any atom is 0.221 e. The SMILES string of the molecule is N#Cc1cnc(N)nc1Br. The summed E-state index contributed by atoms with van der Waals surface area (Å²) in [5.41, 5.74) is 5.60. The second kappa shape index (κ2) is 2.62. The van der Waals surface area contributed by atoms with Crippen LogP contribution in [0.2, 0.25) is 0 Å². The number of halogens is 1. The van der Waals surface area contributed by atoms with Crippen LogP contribution >= 0.6 is 15.9 Å². The van der Waals surface area contributed by atoms with Crippen LogP contribution in [-0.2, 0) is 0 Å². The van der Waals surface area contributed by atoms with E-state index < -0.39 is 0 Å². The maximum atomic E-state index is 8.41. The van der Waals surface area contributed by atoms with Gasteiger partial charge < -0.3 is 5.73 Å². The molecule has 0 saturated heterocycles. The number of nitrogens with two attached hydrogens (primary N) is 1. The summed E-state index contributed by atoms with van der Waals surface area (Å²) in [6, 6.07) is 1.90. The molecule has 0 saturated carbocycles. The third-order valence-electron chi connectivity index (χ3n) is 0.881. The molecule has 0 aromatic carbocycles. The van der Waals surface area contributed by atoms with Gasteiger partial charge in [0.25, 0.3) is 0 Å². The topological polar surface area (TPSA) is 75.6 Å². The lowest BCUT2D eigenvalue weighted by Crippen LogP contribution is -1.95. The molecule has 0 radical (unpaired) electrons. The molecule has 0 atom stereocenters. The number of hydrogen-bond donors (Lipinski definition) is 1. The Labute approximate surface area is 65.8 Å². The molecule has 1 aromatic rings. The minimum atomic E-state index is 0.158. The van der Waals surface area contributed by atoms with Crippen molar-refractivity contribution in [3.8, 4) is 6.07 Å². The molecule has 0 bridgehead atoms. The Kier molecular flexibility index (Phi) is 1.83. The molecular weight excluding hydrogens is 196 g/mol. The standard InChI is InChI=1S/C5H3BrN4/c6-4-3(1-7)2-9-5(8)10-4/h2H,(H2,8,9,10). The highest BCUT2D eigenvalue weighted by atomic mass is 79.9. The molecule has 5 heteroatoms. The second-order valence-electron chi connectivity index (χ2n) is 1.54. The van der Waals surface area contributed by atoms with Gasteiger partial charge in [-0.2, -0.15) is 5.26 Å². The van der Waals surface area contributed by atoms with E-state index in [9.17, 15) is 0 Å². The highest BCUT2D eigenvalue weighted by Gasteiger charge is 1.99. The van der Waals surface area contributed by atoms with Crippen molar-refractivity contribution in [1.29, 1.82) is 5.26 Å². The molecule has 1 heterocycles. The van der Waals surface area contributed by atoms with Crippen molar-refractivity contribution in [1.82, 2.24) is 9.97 Å². The van der Waals surface area contributed by atoms with Crippen molar-refractivity contribution in [3.05, 3.63) is 16.4 Å². The average Bonchev–Trinajstić information content (AvgIpc) is 1.88. The summed E-state index contributed by atoms with van der Waals surface area (Å²) in [7, 11) is 0. The molecule has 50 valence electrons. The van der Waals surface area contributed by atoms with Gasteiger partial charge >= 0.3 is 0 Å². The summed E-state index contributed by atoms with van der Waals surface area (Å²) in [4.78, 5) is 7.33. The number of anilines is 1. The van der Waals surface area contributed by atoms with E-state index in [0.717, 1.165) is 0 Å². The first-order valence-corrected chi connectivity index (χ1v) is 3.21. The van der Waals surface area contributed by atoms with Gasteiger partial charge in [0.1, 0.15) is 16.2 Å². The highest BCUT2D eigenvalue weighted by molar-refractivity contribution is 9.10. The maximum absolute atomic E-state index is 8.41. The normalized spacial score (nSPS) is 8.80. The van der Waals surface area contributed by atoms with Gasteiger partial charge in [-0.25, -0.2) is 9.97 Å². The highest BCUT2D eigenvalue weighted by Crippen LogP contribution is 2.11. The van der Waals surface area contributed by atoms with Crippen LogP contribution in [0.25, 0.3) is 0 Å². The predicted octanol–water partition coefficient (Wildman–Crippen LogP) is 0.693. The smallest absolute Gasteiger partial charge is 0.221 e. The molecule has 2 N–H and O–H groups in total. The number of hydrogen-bond acceptors (Lipinski definition) is 4. The van der Waals surface area contributed by atoms with Gasteiger partial charge in [-0.1, -0.05) is 0 Å². The number of nitrogen functional groups attached to an aromatic ring is 1. The molecule has 0 spiro atoms. The fraction of sp³-hybridized carbons (Fsp3) is 0. The van der Waals surface area contributed by atoms with E-state index in [-0.39, 0.29) is 5.95 Å². The first-order valence-electron chi connectivity index (χ1n) is 2.42. The van der Waals surface area contributed by atoms with Crippen LogP contribution in [0, 0.1) is 11.3 Å². The molecule has 0 amide bonds. The van der Waals surface area contributed by atoms with Crippen molar-refractivity contribution in [2.45, 2.75) is 0 Å². The van der Waals surface area contributed by atoms with E-state index in [1.807, 2.05) is 6.07 Å². The molecule has 0 aliphatic rings. The van der Waals surface area contributed by atoms with Crippen LogP contribution in [0.4, 0.5) is 5.95 Å². The van der Waals surface area contributed by atoms with Crippen LogP contribution < -0.4 is 5.73 Å². The van der Waals surface area contributed by atoms with E-state index in [2.05, 4.69) is 25.9 Å². The van der Waals surface area contributed by atoms with E-state index in [1.165, 1.54) is 6.20 Å². The number of nitrogens with zero attached hydrogens (tertiary/aromatic N) is 3. The largest absolute Gasteiger partial charge is 0.368 e. The fourth-order valence-corrected chi connectivity index (χ4v) is 0.821. The van der Waals surface area contributed by atoms with E-state index >= 15 is 0 Å². The number of rotatable bonds is 0. The Morgan fingerprint density at radius 1 is 1.70 bits per heavy atom. The summed E-state index contributed by atoms with van der Waals surface area (Å²) in [5.74, 6) is 0.158.